The summed E-state index contributed by atoms with van der Waals surface area (Å²) in [6, 6.07) is 0. The SMILES string of the molecule is O=C(O[C@@H]1[C@@H](O)[C@H](O)[C@@H](O)[C@H]2OC3(CCCCC3)O[C@H]21)C1CCCCC1. The average Bonchev–Trinajstić information content (AvgIpc) is 3.03. The molecular formula is C19H30O7. The molecule has 7 heteroatoms. The maximum absolute atomic E-state index is 12.6. The van der Waals surface area contributed by atoms with Crippen LogP contribution in [0.25, 0.3) is 0 Å². The Bertz CT molecular complexity index is 512. The monoisotopic (exact) mass is 370 g/mol. The second kappa shape index (κ2) is 7.36. The van der Waals surface area contributed by atoms with Gasteiger partial charge in [-0.15, -0.1) is 0 Å². The zero-order valence-electron chi connectivity index (χ0n) is 15.1. The molecule has 0 unspecified atom stereocenters. The van der Waals surface area contributed by atoms with Crippen molar-refractivity contribution in [3.8, 4) is 0 Å². The lowest BCUT2D eigenvalue weighted by atomic mass is 9.84. The number of rotatable bonds is 2. The summed E-state index contributed by atoms with van der Waals surface area (Å²) >= 11 is 0. The molecule has 1 saturated heterocycles. The molecule has 0 amide bonds. The third-order valence-corrected chi connectivity index (χ3v) is 6.53. The molecule has 7 nitrogen and oxygen atoms in total. The summed E-state index contributed by atoms with van der Waals surface area (Å²) in [6.07, 6.45) is 2.54. The molecule has 6 atom stereocenters. The minimum absolute atomic E-state index is 0.163. The molecule has 3 saturated carbocycles. The van der Waals surface area contributed by atoms with E-state index < -0.39 is 42.4 Å². The van der Waals surface area contributed by atoms with Crippen LogP contribution in [0.4, 0.5) is 0 Å². The third kappa shape index (κ3) is 3.29. The van der Waals surface area contributed by atoms with Crippen LogP contribution in [0.3, 0.4) is 0 Å². The van der Waals surface area contributed by atoms with Crippen LogP contribution in [0.2, 0.25) is 0 Å². The van der Waals surface area contributed by atoms with Crippen molar-refractivity contribution < 1.29 is 34.3 Å². The van der Waals surface area contributed by atoms with Gasteiger partial charge in [0.25, 0.3) is 0 Å². The number of hydrogen-bond acceptors (Lipinski definition) is 7. The zero-order valence-corrected chi connectivity index (χ0v) is 15.1. The van der Waals surface area contributed by atoms with Crippen molar-refractivity contribution >= 4 is 5.97 Å². The van der Waals surface area contributed by atoms with E-state index in [0.29, 0.717) is 12.8 Å². The van der Waals surface area contributed by atoms with Gasteiger partial charge in [0.1, 0.15) is 30.5 Å². The molecule has 0 radical (unpaired) electrons. The summed E-state index contributed by atoms with van der Waals surface area (Å²) in [5, 5.41) is 31.1. The number of ether oxygens (including phenoxy) is 3. The van der Waals surface area contributed by atoms with Gasteiger partial charge in [-0.25, -0.2) is 0 Å². The summed E-state index contributed by atoms with van der Waals surface area (Å²) in [4.78, 5) is 12.6. The lowest BCUT2D eigenvalue weighted by molar-refractivity contribution is -0.214. The van der Waals surface area contributed by atoms with Crippen LogP contribution in [-0.2, 0) is 19.0 Å². The lowest BCUT2D eigenvalue weighted by Crippen LogP contribution is -2.63. The fourth-order valence-corrected chi connectivity index (χ4v) is 4.99. The summed E-state index contributed by atoms with van der Waals surface area (Å²) < 4.78 is 17.8. The molecule has 3 N–H and O–H groups in total. The van der Waals surface area contributed by atoms with Gasteiger partial charge >= 0.3 is 5.97 Å². The normalized spacial score (nSPS) is 43.2. The summed E-state index contributed by atoms with van der Waals surface area (Å²) in [6.45, 7) is 0. The number of esters is 1. The van der Waals surface area contributed by atoms with Crippen molar-refractivity contribution in [3.63, 3.8) is 0 Å². The largest absolute Gasteiger partial charge is 0.456 e. The summed E-state index contributed by atoms with van der Waals surface area (Å²) in [5.41, 5.74) is 0. The maximum atomic E-state index is 12.6. The van der Waals surface area contributed by atoms with Gasteiger partial charge in [0.2, 0.25) is 0 Å². The first-order valence-corrected chi connectivity index (χ1v) is 10.1. The van der Waals surface area contributed by atoms with E-state index in [1.54, 1.807) is 0 Å². The standard InChI is InChI=1S/C19H30O7/c20-12-13(21)15(24-18(23)11-7-3-1-4-8-11)17-16(14(12)22)25-19(26-17)9-5-2-6-10-19/h11-17,20-22H,1-10H2/t12-,13-,14+,15+,16+,17-/m0/s1. The summed E-state index contributed by atoms with van der Waals surface area (Å²) in [7, 11) is 0. The average molecular weight is 370 g/mol. The van der Waals surface area contributed by atoms with E-state index in [1.165, 1.54) is 0 Å². The highest BCUT2D eigenvalue weighted by Gasteiger charge is 2.61. The van der Waals surface area contributed by atoms with E-state index in [2.05, 4.69) is 0 Å². The molecule has 0 aromatic rings. The van der Waals surface area contributed by atoms with Crippen molar-refractivity contribution in [3.05, 3.63) is 0 Å². The van der Waals surface area contributed by atoms with Crippen molar-refractivity contribution in [2.45, 2.75) is 107 Å². The zero-order chi connectivity index (χ0) is 18.3. The Balaban J connectivity index is 1.51. The topological polar surface area (TPSA) is 105 Å². The molecule has 148 valence electrons. The molecule has 26 heavy (non-hydrogen) atoms. The Hall–Kier alpha value is -0.730. The molecule has 1 aliphatic heterocycles. The van der Waals surface area contributed by atoms with E-state index in [9.17, 15) is 20.1 Å². The highest BCUT2D eigenvalue weighted by molar-refractivity contribution is 5.72. The van der Waals surface area contributed by atoms with Gasteiger partial charge < -0.3 is 29.5 Å². The van der Waals surface area contributed by atoms with Crippen LogP contribution in [0, 0.1) is 5.92 Å². The van der Waals surface area contributed by atoms with Gasteiger partial charge in [-0.05, 0) is 25.7 Å². The van der Waals surface area contributed by atoms with Crippen LogP contribution in [0.5, 0.6) is 0 Å². The van der Waals surface area contributed by atoms with Crippen molar-refractivity contribution in [1.29, 1.82) is 0 Å². The minimum Gasteiger partial charge on any atom is -0.456 e. The van der Waals surface area contributed by atoms with E-state index in [1.807, 2.05) is 0 Å². The smallest absolute Gasteiger partial charge is 0.309 e. The van der Waals surface area contributed by atoms with Gasteiger partial charge in [-0.3, -0.25) is 4.79 Å². The Labute approximate surface area is 153 Å². The number of fused-ring (bicyclic) bond motifs is 1. The molecule has 0 aromatic carbocycles. The molecule has 1 heterocycles. The van der Waals surface area contributed by atoms with E-state index in [4.69, 9.17) is 14.2 Å². The van der Waals surface area contributed by atoms with Crippen LogP contribution in [0.15, 0.2) is 0 Å². The predicted molar refractivity (Wildman–Crippen MR) is 90.0 cm³/mol. The highest BCUT2D eigenvalue weighted by Crippen LogP contribution is 2.45. The number of carbonyl (C=O) groups is 1. The summed E-state index contributed by atoms with van der Waals surface area (Å²) in [5.74, 6) is -1.30. The first kappa shape index (κ1) is 18.6. The van der Waals surface area contributed by atoms with Gasteiger partial charge in [-0.1, -0.05) is 25.7 Å². The van der Waals surface area contributed by atoms with Crippen LogP contribution < -0.4 is 0 Å². The molecule has 1 spiro atoms. The molecule has 3 aliphatic carbocycles. The van der Waals surface area contributed by atoms with Gasteiger partial charge in [0.05, 0.1) is 5.92 Å². The van der Waals surface area contributed by atoms with Crippen molar-refractivity contribution in [1.82, 2.24) is 0 Å². The molecule has 0 bridgehead atoms. The molecule has 4 aliphatic rings. The van der Waals surface area contributed by atoms with Crippen LogP contribution in [-0.4, -0.2) is 63.7 Å². The molecule has 0 aromatic heterocycles. The van der Waals surface area contributed by atoms with Crippen LogP contribution in [0.1, 0.15) is 64.2 Å². The van der Waals surface area contributed by atoms with E-state index >= 15 is 0 Å². The Morgan fingerprint density at radius 2 is 1.42 bits per heavy atom. The number of aliphatic hydroxyl groups excluding tert-OH is 3. The quantitative estimate of drug-likeness (QED) is 0.623. The number of hydrogen-bond donors (Lipinski definition) is 3. The maximum Gasteiger partial charge on any atom is 0.309 e. The fourth-order valence-electron chi connectivity index (χ4n) is 4.99. The van der Waals surface area contributed by atoms with E-state index in [0.717, 1.165) is 51.4 Å². The molecule has 4 rings (SSSR count). The van der Waals surface area contributed by atoms with Crippen molar-refractivity contribution in [2.24, 2.45) is 5.92 Å². The van der Waals surface area contributed by atoms with Gasteiger partial charge in [-0.2, -0.15) is 0 Å². The second-order valence-electron chi connectivity index (χ2n) is 8.34. The van der Waals surface area contributed by atoms with E-state index in [-0.39, 0.29) is 11.9 Å². The minimum atomic E-state index is -1.43. The molecule has 4 fully saturated rings. The number of carbonyl (C=O) groups excluding carboxylic acids is 1. The second-order valence-corrected chi connectivity index (χ2v) is 8.34. The van der Waals surface area contributed by atoms with Gasteiger partial charge in [0.15, 0.2) is 11.9 Å². The Morgan fingerprint density at radius 1 is 0.808 bits per heavy atom. The number of aliphatic hydroxyl groups is 3. The van der Waals surface area contributed by atoms with Crippen molar-refractivity contribution in [2.75, 3.05) is 0 Å². The first-order valence-electron chi connectivity index (χ1n) is 10.1. The third-order valence-electron chi connectivity index (χ3n) is 6.53. The Kier molecular flexibility index (Phi) is 5.27. The Morgan fingerprint density at radius 3 is 2.12 bits per heavy atom. The predicted octanol–water partition coefficient (Wildman–Crippen LogP) is 1.02. The van der Waals surface area contributed by atoms with Gasteiger partial charge in [0, 0.05) is 12.8 Å². The first-order chi connectivity index (χ1) is 12.5. The lowest BCUT2D eigenvalue weighted by Gasteiger charge is -2.41. The molecular weight excluding hydrogens is 340 g/mol. The van der Waals surface area contributed by atoms with Crippen LogP contribution >= 0.6 is 0 Å². The highest BCUT2D eigenvalue weighted by atomic mass is 16.8. The fraction of sp³-hybridized carbons (Fsp3) is 0.947.